The molecule has 27 heavy (non-hydrogen) atoms. The quantitative estimate of drug-likeness (QED) is 0.589. The van der Waals surface area contributed by atoms with E-state index in [1.54, 1.807) is 30.5 Å². The highest BCUT2D eigenvalue weighted by atomic mass is 35.5. The molecule has 1 aliphatic rings. The molecule has 0 saturated heterocycles. The first-order valence-electron chi connectivity index (χ1n) is 9.16. The number of fused-ring (bicyclic) bond motifs is 1. The Labute approximate surface area is 166 Å². The van der Waals surface area contributed by atoms with Gasteiger partial charge in [-0.2, -0.15) is 5.10 Å². The number of carbonyl (C=O) groups is 1. The van der Waals surface area contributed by atoms with Crippen molar-refractivity contribution >= 4 is 29.4 Å². The molecule has 1 N–H and O–H groups in total. The van der Waals surface area contributed by atoms with Gasteiger partial charge in [0, 0.05) is 28.9 Å². The Morgan fingerprint density at radius 2 is 2.07 bits per heavy atom. The number of hydrogen-bond donors (Lipinski definition) is 1. The van der Waals surface area contributed by atoms with Gasteiger partial charge >= 0.3 is 0 Å². The molecule has 1 unspecified atom stereocenters. The first-order valence-corrected chi connectivity index (χ1v) is 9.54. The fraction of sp³-hybridized carbons (Fsp3) is 0.364. The summed E-state index contributed by atoms with van der Waals surface area (Å²) in [5.74, 6) is 0.194. The van der Waals surface area contributed by atoms with Gasteiger partial charge < -0.3 is 4.90 Å². The van der Waals surface area contributed by atoms with Crippen LogP contribution in [0, 0.1) is 6.92 Å². The zero-order valence-corrected chi connectivity index (χ0v) is 17.3. The molecule has 0 spiro atoms. The van der Waals surface area contributed by atoms with E-state index < -0.39 is 0 Å². The molecule has 0 aromatic heterocycles. The summed E-state index contributed by atoms with van der Waals surface area (Å²) in [4.78, 5) is 14.5. The highest BCUT2D eigenvalue weighted by molar-refractivity contribution is 6.30. The molecule has 0 aliphatic carbocycles. The van der Waals surface area contributed by atoms with E-state index in [1.165, 1.54) is 11.3 Å². The summed E-state index contributed by atoms with van der Waals surface area (Å²) in [6, 6.07) is 11.2. The molecule has 1 aliphatic heterocycles. The number of rotatable bonds is 3. The van der Waals surface area contributed by atoms with E-state index in [-0.39, 0.29) is 11.4 Å². The van der Waals surface area contributed by atoms with Gasteiger partial charge in [-0.25, -0.2) is 5.43 Å². The van der Waals surface area contributed by atoms with Gasteiger partial charge in [0.25, 0.3) is 5.91 Å². The predicted octanol–water partition coefficient (Wildman–Crippen LogP) is 5.13. The minimum absolute atomic E-state index is 0.138. The number of carbonyl (C=O) groups excluding carboxylic acids is 1. The van der Waals surface area contributed by atoms with Crippen molar-refractivity contribution in [1.82, 2.24) is 5.43 Å². The van der Waals surface area contributed by atoms with Gasteiger partial charge in [0.05, 0.1) is 6.21 Å². The normalized spacial score (nSPS) is 18.4. The van der Waals surface area contributed by atoms with Gasteiger partial charge in [0.2, 0.25) is 0 Å². The molecular weight excluding hydrogens is 358 g/mol. The molecule has 5 heteroatoms. The number of amides is 1. The lowest BCUT2D eigenvalue weighted by Crippen LogP contribution is -2.45. The van der Waals surface area contributed by atoms with E-state index in [0.29, 0.717) is 16.5 Å². The number of benzene rings is 2. The fourth-order valence-electron chi connectivity index (χ4n) is 3.73. The van der Waals surface area contributed by atoms with E-state index in [0.717, 1.165) is 17.5 Å². The molecule has 0 bridgehead atoms. The van der Waals surface area contributed by atoms with E-state index in [1.807, 2.05) is 0 Å². The molecule has 3 rings (SSSR count). The van der Waals surface area contributed by atoms with Crippen molar-refractivity contribution in [3.05, 3.63) is 63.7 Å². The Hall–Kier alpha value is -2.33. The van der Waals surface area contributed by atoms with Gasteiger partial charge in [-0.05, 0) is 80.1 Å². The maximum atomic E-state index is 12.2. The van der Waals surface area contributed by atoms with Crippen molar-refractivity contribution in [3.8, 4) is 0 Å². The summed E-state index contributed by atoms with van der Waals surface area (Å²) in [5.41, 5.74) is 7.94. The molecule has 1 atom stereocenters. The molecule has 1 heterocycles. The number of nitrogens with one attached hydrogen (secondary N) is 1. The van der Waals surface area contributed by atoms with Gasteiger partial charge in [-0.1, -0.05) is 24.6 Å². The summed E-state index contributed by atoms with van der Waals surface area (Å²) in [5, 5.41) is 4.67. The molecule has 1 amide bonds. The molecule has 142 valence electrons. The Bertz CT molecular complexity index is 904. The van der Waals surface area contributed by atoms with Crippen LogP contribution in [0.3, 0.4) is 0 Å². The smallest absolute Gasteiger partial charge is 0.271 e. The third-order valence-electron chi connectivity index (χ3n) is 5.48. The van der Waals surface area contributed by atoms with Crippen molar-refractivity contribution in [2.24, 2.45) is 5.10 Å². The Balaban J connectivity index is 1.81. The van der Waals surface area contributed by atoms with E-state index in [2.05, 4.69) is 62.3 Å². The monoisotopic (exact) mass is 383 g/mol. The third kappa shape index (κ3) is 4.01. The molecule has 2 aromatic rings. The molecule has 0 saturated carbocycles. The third-order valence-corrected chi connectivity index (χ3v) is 5.71. The van der Waals surface area contributed by atoms with Crippen molar-refractivity contribution in [3.63, 3.8) is 0 Å². The van der Waals surface area contributed by atoms with Crippen molar-refractivity contribution in [2.45, 2.75) is 45.6 Å². The van der Waals surface area contributed by atoms with Crippen LogP contribution in [0.4, 0.5) is 5.69 Å². The van der Waals surface area contributed by atoms with Crippen LogP contribution in [0.5, 0.6) is 0 Å². The minimum Gasteiger partial charge on any atom is -0.369 e. The largest absolute Gasteiger partial charge is 0.369 e. The molecule has 4 nitrogen and oxygen atoms in total. The lowest BCUT2D eigenvalue weighted by atomic mass is 9.79. The van der Waals surface area contributed by atoms with E-state index in [4.69, 9.17) is 11.6 Å². The summed E-state index contributed by atoms with van der Waals surface area (Å²) < 4.78 is 0. The van der Waals surface area contributed by atoms with Crippen molar-refractivity contribution in [1.29, 1.82) is 0 Å². The van der Waals surface area contributed by atoms with Crippen molar-refractivity contribution < 1.29 is 4.79 Å². The van der Waals surface area contributed by atoms with Gasteiger partial charge in [0.15, 0.2) is 0 Å². The van der Waals surface area contributed by atoms with Crippen LogP contribution in [0.15, 0.2) is 41.5 Å². The SMILES string of the molecule is Cc1cc2c(cc1/C=N/NC(=O)c1cccc(Cl)c1)C(C)CC(C)(C)N2C. The highest BCUT2D eigenvalue weighted by Crippen LogP contribution is 2.43. The van der Waals surface area contributed by atoms with Crippen LogP contribution in [-0.2, 0) is 0 Å². The summed E-state index contributed by atoms with van der Waals surface area (Å²) in [6.07, 6.45) is 2.81. The number of halogens is 1. The van der Waals surface area contributed by atoms with Crippen LogP contribution < -0.4 is 10.3 Å². The Morgan fingerprint density at radius 3 is 2.78 bits per heavy atom. The number of hydrogen-bond acceptors (Lipinski definition) is 3. The van der Waals surface area contributed by atoms with E-state index in [9.17, 15) is 4.79 Å². The second-order valence-corrected chi connectivity index (χ2v) is 8.39. The van der Waals surface area contributed by atoms with E-state index >= 15 is 0 Å². The first-order chi connectivity index (χ1) is 12.7. The number of anilines is 1. The molecular formula is C22H26ClN3O. The summed E-state index contributed by atoms with van der Waals surface area (Å²) in [6.45, 7) is 8.90. The second kappa shape index (κ2) is 7.35. The molecule has 0 fully saturated rings. The number of aryl methyl sites for hydroxylation is 1. The number of hydrazone groups is 1. The molecule has 0 radical (unpaired) electrons. The van der Waals surface area contributed by atoms with Crippen molar-refractivity contribution in [2.75, 3.05) is 11.9 Å². The van der Waals surface area contributed by atoms with Crippen LogP contribution in [0.1, 0.15) is 60.2 Å². The summed E-state index contributed by atoms with van der Waals surface area (Å²) in [7, 11) is 2.16. The topological polar surface area (TPSA) is 44.7 Å². The van der Waals surface area contributed by atoms with Gasteiger partial charge in [-0.3, -0.25) is 4.79 Å². The average Bonchev–Trinajstić information content (AvgIpc) is 2.60. The predicted molar refractivity (Wildman–Crippen MR) is 113 cm³/mol. The standard InChI is InChI=1S/C22H26ClN3O/c1-14-9-20-19(15(2)12-22(3,4)26(20)5)11-17(14)13-24-25-21(27)16-7-6-8-18(23)10-16/h6-11,13,15H,12H2,1-5H3,(H,25,27)/b24-13+. The fourth-order valence-corrected chi connectivity index (χ4v) is 3.92. The zero-order chi connectivity index (χ0) is 19.8. The van der Waals surface area contributed by atoms with Gasteiger partial charge in [-0.15, -0.1) is 0 Å². The zero-order valence-electron chi connectivity index (χ0n) is 16.5. The van der Waals surface area contributed by atoms with Gasteiger partial charge in [0.1, 0.15) is 0 Å². The second-order valence-electron chi connectivity index (χ2n) is 7.95. The lowest BCUT2D eigenvalue weighted by molar-refractivity contribution is 0.0955. The van der Waals surface area contributed by atoms with Crippen LogP contribution in [-0.4, -0.2) is 24.7 Å². The van der Waals surface area contributed by atoms with Crippen LogP contribution >= 0.6 is 11.6 Å². The highest BCUT2D eigenvalue weighted by Gasteiger charge is 2.34. The first kappa shape index (κ1) is 19.4. The summed E-state index contributed by atoms with van der Waals surface area (Å²) >= 11 is 5.93. The maximum Gasteiger partial charge on any atom is 0.271 e. The minimum atomic E-state index is -0.279. The number of nitrogens with zero attached hydrogens (tertiary/aromatic N) is 2. The Morgan fingerprint density at radius 1 is 1.33 bits per heavy atom. The average molecular weight is 384 g/mol. The van der Waals surface area contributed by atoms with Crippen LogP contribution in [0.25, 0.3) is 0 Å². The van der Waals surface area contributed by atoms with Crippen LogP contribution in [0.2, 0.25) is 5.02 Å². The lowest BCUT2D eigenvalue weighted by Gasteiger charge is -2.45. The molecule has 2 aromatic carbocycles. The Kier molecular flexibility index (Phi) is 5.29. The maximum absolute atomic E-state index is 12.2.